The molecule has 0 amide bonds. The zero-order valence-electron chi connectivity index (χ0n) is 24.7. The third-order valence-corrected chi connectivity index (χ3v) is 14.7. The Hall–Kier alpha value is -1.29. The third-order valence-electron chi connectivity index (χ3n) is 8.78. The average Bonchev–Trinajstić information content (AvgIpc) is 3.16. The number of hydrogen-bond donors (Lipinski definition) is 0. The zero-order chi connectivity index (χ0) is 30.3. The summed E-state index contributed by atoms with van der Waals surface area (Å²) in [7, 11) is 13.7. The molecule has 1 aliphatic carbocycles. The first-order valence-corrected chi connectivity index (χ1v) is 23.6. The van der Waals surface area contributed by atoms with Crippen LogP contribution in [0, 0.1) is 5.41 Å². The maximum atomic E-state index is 4.95. The molecule has 4 aromatic rings. The molecule has 6 heteroatoms. The molecule has 1 atom stereocenters. The Balaban J connectivity index is 0.000000952. The van der Waals surface area contributed by atoms with Gasteiger partial charge in [0.25, 0.3) is 0 Å². The van der Waals surface area contributed by atoms with Gasteiger partial charge in [0.1, 0.15) is 0 Å². The number of rotatable bonds is 8. The van der Waals surface area contributed by atoms with Crippen LogP contribution in [0.2, 0.25) is 0 Å². The predicted octanol–water partition coefficient (Wildman–Crippen LogP) is 10.4. The molecule has 1 aliphatic rings. The van der Waals surface area contributed by atoms with Crippen LogP contribution in [0.15, 0.2) is 144 Å². The molecule has 0 fully saturated rings. The standard InChI is InChI=1S/C36H38P2.3ClH.Ru/c1-27-28(2)30(4)36(5,29(27)3)35(38(33-22-14-8-15-23-33)34-24-16-9-17-25-34)26-37(31-18-10-6-11-19-31)32-20-12-7-13-21-32;;;;/h6-25,35H,26H2,1-5H3;3*1H;/q;;;;+3/p-3. The van der Waals surface area contributed by atoms with Crippen molar-refractivity contribution < 1.29 is 13.0 Å². The molecule has 221 valence electrons. The summed E-state index contributed by atoms with van der Waals surface area (Å²) in [5.41, 5.74) is 6.50. The van der Waals surface area contributed by atoms with Gasteiger partial charge in [0.2, 0.25) is 0 Å². The Morgan fingerprint density at radius 3 is 1.14 bits per heavy atom. The second-order valence-electron chi connectivity index (χ2n) is 10.7. The molecule has 0 N–H and O–H groups in total. The van der Waals surface area contributed by atoms with Crippen molar-refractivity contribution >= 4 is 66.1 Å². The van der Waals surface area contributed by atoms with E-state index in [2.05, 4.69) is 156 Å². The van der Waals surface area contributed by atoms with Gasteiger partial charge in [0, 0.05) is 11.1 Å². The van der Waals surface area contributed by atoms with Gasteiger partial charge < -0.3 is 0 Å². The molecule has 0 bridgehead atoms. The molecule has 0 aliphatic heterocycles. The van der Waals surface area contributed by atoms with E-state index in [-0.39, 0.29) is 5.41 Å². The fourth-order valence-electron chi connectivity index (χ4n) is 6.08. The van der Waals surface area contributed by atoms with Gasteiger partial charge in [-0.1, -0.05) is 139 Å². The molecule has 0 nitrogen and oxygen atoms in total. The van der Waals surface area contributed by atoms with E-state index in [1.807, 2.05) is 0 Å². The zero-order valence-corrected chi connectivity index (χ0v) is 30.5. The van der Waals surface area contributed by atoms with Gasteiger partial charge in [0.15, 0.2) is 0 Å². The molecule has 0 spiro atoms. The molecule has 0 aromatic heterocycles. The van der Waals surface area contributed by atoms with Crippen LogP contribution in [0.5, 0.6) is 0 Å². The van der Waals surface area contributed by atoms with Gasteiger partial charge in [-0.2, -0.15) is 0 Å². The van der Waals surface area contributed by atoms with Gasteiger partial charge in [0.05, 0.1) is 0 Å². The first kappa shape index (κ1) is 33.6. The SMILES string of the molecule is CC1=C(C)C(C)(C(CP(c2ccccc2)c2ccccc2)P(c2ccccc2)c2ccccc2)C(C)=C1C.[Cl][Ru]([Cl])[Cl]. The average molecular weight is 740 g/mol. The normalized spacial score (nSPS) is 15.5. The van der Waals surface area contributed by atoms with Crippen molar-refractivity contribution in [3.8, 4) is 0 Å². The molecule has 5 rings (SSSR count). The van der Waals surface area contributed by atoms with Gasteiger partial charge >= 0.3 is 42.1 Å². The Morgan fingerprint density at radius 1 is 0.548 bits per heavy atom. The van der Waals surface area contributed by atoms with Crippen molar-refractivity contribution in [1.29, 1.82) is 0 Å². The van der Waals surface area contributed by atoms with Crippen molar-refractivity contribution in [2.45, 2.75) is 40.3 Å². The van der Waals surface area contributed by atoms with Crippen LogP contribution in [0.25, 0.3) is 0 Å². The summed E-state index contributed by atoms with van der Waals surface area (Å²) < 4.78 is 0. The van der Waals surface area contributed by atoms with E-state index < -0.39 is 28.8 Å². The van der Waals surface area contributed by atoms with Crippen LogP contribution >= 0.6 is 44.9 Å². The van der Waals surface area contributed by atoms with Crippen molar-refractivity contribution in [1.82, 2.24) is 0 Å². The molecule has 0 heterocycles. The van der Waals surface area contributed by atoms with E-state index in [0.717, 1.165) is 6.16 Å². The Kier molecular flexibility index (Phi) is 12.5. The predicted molar refractivity (Wildman–Crippen MR) is 189 cm³/mol. The van der Waals surface area contributed by atoms with Crippen LogP contribution in [0.1, 0.15) is 34.6 Å². The summed E-state index contributed by atoms with van der Waals surface area (Å²) in [6, 6.07) is 45.2. The number of benzene rings is 4. The van der Waals surface area contributed by atoms with E-state index >= 15 is 0 Å². The molecular weight excluding hydrogens is 702 g/mol. The van der Waals surface area contributed by atoms with Crippen LogP contribution in [0.4, 0.5) is 0 Å². The van der Waals surface area contributed by atoms with Crippen molar-refractivity contribution in [2.24, 2.45) is 5.41 Å². The number of allylic oxidation sites excluding steroid dienone is 4. The summed E-state index contributed by atoms with van der Waals surface area (Å²) in [6.07, 6.45) is 1.14. The first-order chi connectivity index (χ1) is 20.2. The minimum atomic E-state index is -1.75. The van der Waals surface area contributed by atoms with Crippen molar-refractivity contribution in [2.75, 3.05) is 6.16 Å². The molecule has 1 unspecified atom stereocenters. The third kappa shape index (κ3) is 7.67. The first-order valence-electron chi connectivity index (χ1n) is 14.0. The van der Waals surface area contributed by atoms with Gasteiger partial charge in [-0.25, -0.2) is 0 Å². The molecule has 42 heavy (non-hydrogen) atoms. The summed E-state index contributed by atoms with van der Waals surface area (Å²) in [5.74, 6) is 0. The van der Waals surface area contributed by atoms with Crippen LogP contribution in [-0.4, -0.2) is 11.8 Å². The van der Waals surface area contributed by atoms with Crippen LogP contribution in [0.3, 0.4) is 0 Å². The number of halogens is 3. The molecule has 0 radical (unpaired) electrons. The van der Waals surface area contributed by atoms with E-state index in [1.165, 1.54) is 32.4 Å². The second kappa shape index (κ2) is 15.6. The van der Waals surface area contributed by atoms with E-state index in [0.29, 0.717) is 5.66 Å². The Morgan fingerprint density at radius 2 is 0.833 bits per heavy atom. The van der Waals surface area contributed by atoms with E-state index in [1.54, 1.807) is 11.1 Å². The topological polar surface area (TPSA) is 0 Å². The molecule has 4 aromatic carbocycles. The maximum absolute atomic E-state index is 4.95. The van der Waals surface area contributed by atoms with Crippen LogP contribution in [-0.2, 0) is 13.0 Å². The van der Waals surface area contributed by atoms with E-state index in [9.17, 15) is 0 Å². The van der Waals surface area contributed by atoms with Crippen LogP contribution < -0.4 is 21.2 Å². The van der Waals surface area contributed by atoms with Gasteiger partial charge in [-0.05, 0) is 82.1 Å². The van der Waals surface area contributed by atoms with Gasteiger partial charge in [-0.3, -0.25) is 0 Å². The molecular formula is C36H38Cl3P2Ru. The summed E-state index contributed by atoms with van der Waals surface area (Å²) in [6.45, 7) is 12.0. The minimum absolute atomic E-state index is 0.00427. The van der Waals surface area contributed by atoms with Gasteiger partial charge in [-0.15, -0.1) is 0 Å². The fourth-order valence-corrected chi connectivity index (χ4v) is 12.6. The Labute approximate surface area is 272 Å². The molecule has 0 saturated carbocycles. The summed E-state index contributed by atoms with van der Waals surface area (Å²) in [4.78, 5) is 0. The molecule has 0 saturated heterocycles. The van der Waals surface area contributed by atoms with Crippen molar-refractivity contribution in [3.63, 3.8) is 0 Å². The number of hydrogen-bond acceptors (Lipinski definition) is 0. The fraction of sp³-hybridized carbons (Fsp3) is 0.222. The second-order valence-corrected chi connectivity index (χ2v) is 23.3. The monoisotopic (exact) mass is 739 g/mol. The van der Waals surface area contributed by atoms with E-state index in [4.69, 9.17) is 29.1 Å². The summed E-state index contributed by atoms with van der Waals surface area (Å²) in [5, 5.41) is 5.87. The summed E-state index contributed by atoms with van der Waals surface area (Å²) >= 11 is -1.75. The quantitative estimate of drug-likeness (QED) is 0.125. The van der Waals surface area contributed by atoms with Crippen molar-refractivity contribution in [3.05, 3.63) is 144 Å². The Bertz CT molecular complexity index is 1380.